The fraction of sp³-hybridized carbons (Fsp3) is 0.571. The van der Waals surface area contributed by atoms with Gasteiger partial charge in [-0.3, -0.25) is 0 Å². The molecule has 0 aliphatic carbocycles. The highest BCUT2D eigenvalue weighted by Gasteiger charge is 2.09. The summed E-state index contributed by atoms with van der Waals surface area (Å²) in [5, 5.41) is 0. The summed E-state index contributed by atoms with van der Waals surface area (Å²) in [7, 11) is 0. The molecule has 1 rings (SSSR count). The normalized spacial score (nSPS) is 14.7. The van der Waals surface area contributed by atoms with Crippen molar-refractivity contribution in [3.05, 3.63) is 35.9 Å². The first-order valence-corrected chi connectivity index (χ1v) is 6.05. The first-order chi connectivity index (χ1) is 7.74. The van der Waals surface area contributed by atoms with Crippen LogP contribution >= 0.6 is 0 Å². The molecule has 2 nitrogen and oxygen atoms in total. The molecule has 1 aromatic rings. The zero-order valence-electron chi connectivity index (χ0n) is 10.4. The highest BCUT2D eigenvalue weighted by molar-refractivity contribution is 5.13. The monoisotopic (exact) mass is 221 g/mol. The van der Waals surface area contributed by atoms with Gasteiger partial charge in [-0.25, -0.2) is 0 Å². The summed E-state index contributed by atoms with van der Waals surface area (Å²) in [5.74, 6) is 1.22. The van der Waals surface area contributed by atoms with Crippen molar-refractivity contribution in [3.8, 4) is 0 Å². The summed E-state index contributed by atoms with van der Waals surface area (Å²) in [6, 6.07) is 10.3. The van der Waals surface area contributed by atoms with E-state index < -0.39 is 0 Å². The summed E-state index contributed by atoms with van der Waals surface area (Å²) in [5.41, 5.74) is 6.87. The Morgan fingerprint density at radius 1 is 1.12 bits per heavy atom. The molecule has 2 unspecified atom stereocenters. The molecular formula is C14H23NO. The third-order valence-electron chi connectivity index (χ3n) is 3.17. The maximum absolute atomic E-state index is 5.64. The second-order valence-corrected chi connectivity index (χ2v) is 4.52. The predicted octanol–water partition coefficient (Wildman–Crippen LogP) is 2.82. The largest absolute Gasteiger partial charge is 0.377 e. The van der Waals surface area contributed by atoms with E-state index in [0.29, 0.717) is 18.4 Å². The van der Waals surface area contributed by atoms with Crippen LogP contribution in [0.3, 0.4) is 0 Å². The zero-order valence-corrected chi connectivity index (χ0v) is 10.4. The van der Waals surface area contributed by atoms with Crippen LogP contribution in [0.4, 0.5) is 0 Å². The summed E-state index contributed by atoms with van der Waals surface area (Å²) < 4.78 is 5.64. The molecule has 0 saturated heterocycles. The minimum absolute atomic E-state index is 0.584. The minimum Gasteiger partial charge on any atom is -0.377 e. The Labute approximate surface area is 98.8 Å². The molecule has 1 aromatic carbocycles. The van der Waals surface area contributed by atoms with E-state index in [9.17, 15) is 0 Å². The molecular weight excluding hydrogens is 198 g/mol. The van der Waals surface area contributed by atoms with Crippen LogP contribution in [0.25, 0.3) is 0 Å². The molecule has 0 aliphatic rings. The van der Waals surface area contributed by atoms with E-state index in [2.05, 4.69) is 26.0 Å². The maximum atomic E-state index is 5.64. The van der Waals surface area contributed by atoms with Gasteiger partial charge >= 0.3 is 0 Å². The van der Waals surface area contributed by atoms with Crippen molar-refractivity contribution in [2.45, 2.75) is 26.9 Å². The van der Waals surface area contributed by atoms with Gasteiger partial charge in [0.15, 0.2) is 0 Å². The number of nitrogens with two attached hydrogens (primary N) is 1. The molecule has 0 aliphatic heterocycles. The molecule has 0 heterocycles. The average molecular weight is 221 g/mol. The van der Waals surface area contributed by atoms with Gasteiger partial charge in [0.05, 0.1) is 6.61 Å². The minimum atomic E-state index is 0.584. The third kappa shape index (κ3) is 4.77. The lowest BCUT2D eigenvalue weighted by atomic mass is 9.93. The Balaban J connectivity index is 2.13. The molecule has 0 aromatic heterocycles. The second-order valence-electron chi connectivity index (χ2n) is 4.52. The number of rotatable bonds is 7. The Morgan fingerprint density at radius 2 is 1.81 bits per heavy atom. The molecule has 0 amide bonds. The first-order valence-electron chi connectivity index (χ1n) is 6.05. The molecule has 90 valence electrons. The maximum Gasteiger partial charge on any atom is 0.0716 e. The summed E-state index contributed by atoms with van der Waals surface area (Å²) in [6.07, 6.45) is 1.09. The van der Waals surface area contributed by atoms with Crippen LogP contribution in [-0.4, -0.2) is 13.2 Å². The van der Waals surface area contributed by atoms with E-state index in [1.54, 1.807) is 0 Å². The van der Waals surface area contributed by atoms with Crippen molar-refractivity contribution in [2.75, 3.05) is 13.2 Å². The zero-order chi connectivity index (χ0) is 11.8. The summed E-state index contributed by atoms with van der Waals surface area (Å²) in [4.78, 5) is 0. The number of hydrogen-bond donors (Lipinski definition) is 1. The van der Waals surface area contributed by atoms with E-state index in [1.807, 2.05) is 18.2 Å². The first kappa shape index (κ1) is 13.2. The second kappa shape index (κ2) is 7.42. The van der Waals surface area contributed by atoms with Crippen LogP contribution in [0, 0.1) is 11.8 Å². The van der Waals surface area contributed by atoms with Crippen molar-refractivity contribution >= 4 is 0 Å². The van der Waals surface area contributed by atoms with Crippen molar-refractivity contribution in [2.24, 2.45) is 17.6 Å². The van der Waals surface area contributed by atoms with E-state index in [0.717, 1.165) is 19.6 Å². The van der Waals surface area contributed by atoms with E-state index in [4.69, 9.17) is 10.5 Å². The molecule has 0 fully saturated rings. The van der Waals surface area contributed by atoms with Crippen molar-refractivity contribution in [3.63, 3.8) is 0 Å². The van der Waals surface area contributed by atoms with Crippen LogP contribution in [0.2, 0.25) is 0 Å². The molecule has 0 spiro atoms. The fourth-order valence-corrected chi connectivity index (χ4v) is 1.55. The van der Waals surface area contributed by atoms with Gasteiger partial charge < -0.3 is 10.5 Å². The lowest BCUT2D eigenvalue weighted by Gasteiger charge is -2.17. The number of hydrogen-bond acceptors (Lipinski definition) is 2. The van der Waals surface area contributed by atoms with Crippen LogP contribution in [0.5, 0.6) is 0 Å². The predicted molar refractivity (Wildman–Crippen MR) is 68.1 cm³/mol. The van der Waals surface area contributed by atoms with E-state index in [-0.39, 0.29) is 0 Å². The quantitative estimate of drug-likeness (QED) is 0.719. The molecule has 16 heavy (non-hydrogen) atoms. The number of ether oxygens (including phenoxy) is 1. The SMILES string of the molecule is CC(CN)C(C)CCOCc1ccccc1. The van der Waals surface area contributed by atoms with Gasteiger partial charge in [0.1, 0.15) is 0 Å². The number of benzene rings is 1. The average Bonchev–Trinajstić information content (AvgIpc) is 2.34. The smallest absolute Gasteiger partial charge is 0.0716 e. The molecule has 0 bridgehead atoms. The Morgan fingerprint density at radius 3 is 2.44 bits per heavy atom. The lowest BCUT2D eigenvalue weighted by Crippen LogP contribution is -2.19. The van der Waals surface area contributed by atoms with Crippen molar-refractivity contribution < 1.29 is 4.74 Å². The van der Waals surface area contributed by atoms with Crippen LogP contribution in [0.15, 0.2) is 30.3 Å². The lowest BCUT2D eigenvalue weighted by molar-refractivity contribution is 0.103. The summed E-state index contributed by atoms with van der Waals surface area (Å²) >= 11 is 0. The van der Waals surface area contributed by atoms with Crippen molar-refractivity contribution in [1.29, 1.82) is 0 Å². The van der Waals surface area contributed by atoms with Crippen molar-refractivity contribution in [1.82, 2.24) is 0 Å². The molecule has 0 radical (unpaired) electrons. The molecule has 0 saturated carbocycles. The van der Waals surface area contributed by atoms with Gasteiger partial charge in [0.25, 0.3) is 0 Å². The topological polar surface area (TPSA) is 35.2 Å². The fourth-order valence-electron chi connectivity index (χ4n) is 1.55. The highest BCUT2D eigenvalue weighted by Crippen LogP contribution is 2.13. The van der Waals surface area contributed by atoms with Crippen LogP contribution < -0.4 is 5.73 Å². The van der Waals surface area contributed by atoms with Gasteiger partial charge in [0.2, 0.25) is 0 Å². The van der Waals surface area contributed by atoms with Crippen LogP contribution in [0.1, 0.15) is 25.8 Å². The molecule has 2 heteroatoms. The highest BCUT2D eigenvalue weighted by atomic mass is 16.5. The van der Waals surface area contributed by atoms with Crippen LogP contribution in [-0.2, 0) is 11.3 Å². The Hall–Kier alpha value is -0.860. The van der Waals surface area contributed by atoms with Gasteiger partial charge in [0, 0.05) is 6.61 Å². The summed E-state index contributed by atoms with van der Waals surface area (Å²) in [6.45, 7) is 6.73. The Kier molecular flexibility index (Phi) is 6.12. The van der Waals surface area contributed by atoms with Gasteiger partial charge in [-0.15, -0.1) is 0 Å². The van der Waals surface area contributed by atoms with Gasteiger partial charge in [-0.05, 0) is 30.4 Å². The van der Waals surface area contributed by atoms with Gasteiger partial charge in [-0.1, -0.05) is 44.2 Å². The van der Waals surface area contributed by atoms with E-state index in [1.165, 1.54) is 5.56 Å². The molecule has 2 atom stereocenters. The third-order valence-corrected chi connectivity index (χ3v) is 3.17. The Bertz CT molecular complexity index is 273. The van der Waals surface area contributed by atoms with Gasteiger partial charge in [-0.2, -0.15) is 0 Å². The standard InChI is InChI=1S/C14H23NO/c1-12(13(2)10-15)8-9-16-11-14-6-4-3-5-7-14/h3-7,12-13H,8-11,15H2,1-2H3. The molecule has 2 N–H and O–H groups in total. The van der Waals surface area contributed by atoms with E-state index >= 15 is 0 Å².